The third kappa shape index (κ3) is 4.27. The van der Waals surface area contributed by atoms with Crippen LogP contribution < -0.4 is 15.1 Å². The summed E-state index contributed by atoms with van der Waals surface area (Å²) >= 11 is 0. The maximum atomic E-state index is 12.6. The number of hydrogen-bond donors (Lipinski definition) is 1. The van der Waals surface area contributed by atoms with Gasteiger partial charge in [-0.3, -0.25) is 4.79 Å². The summed E-state index contributed by atoms with van der Waals surface area (Å²) in [5.41, 5.74) is 2.22. The van der Waals surface area contributed by atoms with Crippen molar-refractivity contribution in [3.8, 4) is 5.69 Å². The van der Waals surface area contributed by atoms with E-state index in [1.165, 1.54) is 23.0 Å². The lowest BCUT2D eigenvalue weighted by Crippen LogP contribution is -2.46. The number of para-hydroxylation sites is 2. The zero-order valence-corrected chi connectivity index (χ0v) is 17.4. The lowest BCUT2D eigenvalue weighted by Gasteiger charge is -2.36. The van der Waals surface area contributed by atoms with Gasteiger partial charge in [-0.15, -0.1) is 5.10 Å². The largest absolute Gasteiger partial charge is 0.368 e. The highest BCUT2D eigenvalue weighted by Crippen LogP contribution is 2.20. The Bertz CT molecular complexity index is 1190. The van der Waals surface area contributed by atoms with E-state index in [2.05, 4.69) is 59.5 Å². The van der Waals surface area contributed by atoms with Crippen molar-refractivity contribution in [1.82, 2.24) is 25.0 Å². The molecular weight excluding hydrogens is 404 g/mol. The summed E-state index contributed by atoms with van der Waals surface area (Å²) in [6, 6.07) is 21.6. The number of benzene rings is 2. The second-order valence-electron chi connectivity index (χ2n) is 7.38. The van der Waals surface area contributed by atoms with E-state index in [0.29, 0.717) is 5.82 Å². The number of piperazine rings is 1. The van der Waals surface area contributed by atoms with E-state index in [0.717, 1.165) is 37.7 Å². The summed E-state index contributed by atoms with van der Waals surface area (Å²) in [5.74, 6) is 0.849. The van der Waals surface area contributed by atoms with Crippen LogP contribution in [0.2, 0.25) is 0 Å². The maximum Gasteiger partial charge on any atom is 0.279 e. The molecule has 0 radical (unpaired) electrons. The zero-order chi connectivity index (χ0) is 21.8. The fraction of sp³-hybridized carbons (Fsp3) is 0.174. The van der Waals surface area contributed by atoms with E-state index in [9.17, 15) is 4.79 Å². The van der Waals surface area contributed by atoms with Crippen LogP contribution >= 0.6 is 0 Å². The second-order valence-corrected chi connectivity index (χ2v) is 7.38. The van der Waals surface area contributed by atoms with Gasteiger partial charge in [-0.25, -0.2) is 9.97 Å². The standard InChI is InChI=1S/C23H22N8O/c32-23(20-16-26-31(28-20)19-9-5-2-6-10-19)27-21-15-22(25-17-24-21)30-13-11-29(12-14-30)18-7-3-1-4-8-18/h1-10,15-17H,11-14H2,(H,24,25,27,32). The predicted molar refractivity (Wildman–Crippen MR) is 122 cm³/mol. The third-order valence-electron chi connectivity index (χ3n) is 5.33. The molecule has 0 unspecified atom stereocenters. The molecular formula is C23H22N8O. The van der Waals surface area contributed by atoms with Gasteiger partial charge in [-0.05, 0) is 24.3 Å². The minimum atomic E-state index is -0.370. The van der Waals surface area contributed by atoms with Gasteiger partial charge in [0.15, 0.2) is 5.69 Å². The summed E-state index contributed by atoms with van der Waals surface area (Å²) in [6.45, 7) is 3.48. The molecule has 2 aromatic carbocycles. The molecule has 0 saturated carbocycles. The normalized spacial score (nSPS) is 13.8. The van der Waals surface area contributed by atoms with Crippen LogP contribution in [-0.4, -0.2) is 57.0 Å². The Hall–Kier alpha value is -4.27. The van der Waals surface area contributed by atoms with Gasteiger partial charge in [-0.2, -0.15) is 9.90 Å². The first-order chi connectivity index (χ1) is 15.8. The van der Waals surface area contributed by atoms with Crippen LogP contribution in [0.1, 0.15) is 10.5 Å². The zero-order valence-electron chi connectivity index (χ0n) is 17.4. The molecule has 160 valence electrons. The molecule has 3 heterocycles. The Morgan fingerprint density at radius 3 is 2.19 bits per heavy atom. The van der Waals surface area contributed by atoms with Gasteiger partial charge >= 0.3 is 0 Å². The molecule has 1 aliphatic rings. The Morgan fingerprint density at radius 1 is 0.812 bits per heavy atom. The van der Waals surface area contributed by atoms with Crippen molar-refractivity contribution in [1.29, 1.82) is 0 Å². The molecule has 9 nitrogen and oxygen atoms in total. The molecule has 1 saturated heterocycles. The van der Waals surface area contributed by atoms with E-state index >= 15 is 0 Å². The van der Waals surface area contributed by atoms with Crippen LogP contribution in [0.5, 0.6) is 0 Å². The van der Waals surface area contributed by atoms with Gasteiger partial charge in [-0.1, -0.05) is 36.4 Å². The molecule has 4 aromatic rings. The Kier molecular flexibility index (Phi) is 5.44. The van der Waals surface area contributed by atoms with Crippen LogP contribution in [0.3, 0.4) is 0 Å². The Morgan fingerprint density at radius 2 is 1.47 bits per heavy atom. The van der Waals surface area contributed by atoms with E-state index in [1.54, 1.807) is 6.07 Å². The Balaban J connectivity index is 1.23. The van der Waals surface area contributed by atoms with Crippen molar-refractivity contribution in [3.63, 3.8) is 0 Å². The molecule has 0 spiro atoms. The molecule has 1 N–H and O–H groups in total. The smallest absolute Gasteiger partial charge is 0.279 e. The highest BCUT2D eigenvalue weighted by atomic mass is 16.2. The van der Waals surface area contributed by atoms with Gasteiger partial charge in [0.2, 0.25) is 0 Å². The Labute approximate surface area is 185 Å². The van der Waals surface area contributed by atoms with Crippen molar-refractivity contribution >= 4 is 23.2 Å². The molecule has 1 fully saturated rings. The highest BCUT2D eigenvalue weighted by Gasteiger charge is 2.19. The fourth-order valence-electron chi connectivity index (χ4n) is 3.65. The van der Waals surface area contributed by atoms with Crippen molar-refractivity contribution in [3.05, 3.63) is 84.9 Å². The number of nitrogens with zero attached hydrogens (tertiary/aromatic N) is 7. The number of carbonyl (C=O) groups is 1. The number of rotatable bonds is 5. The SMILES string of the molecule is O=C(Nc1cc(N2CCN(c3ccccc3)CC2)ncn1)c1cnn(-c2ccccc2)n1. The molecule has 2 aromatic heterocycles. The minimum absolute atomic E-state index is 0.213. The molecule has 0 atom stereocenters. The predicted octanol–water partition coefficient (Wildman–Crippen LogP) is 2.64. The third-order valence-corrected chi connectivity index (χ3v) is 5.33. The van der Waals surface area contributed by atoms with Crippen LogP contribution in [0.15, 0.2) is 79.3 Å². The first kappa shape index (κ1) is 19.7. The summed E-state index contributed by atoms with van der Waals surface area (Å²) in [6.07, 6.45) is 2.91. The summed E-state index contributed by atoms with van der Waals surface area (Å²) < 4.78 is 0. The second kappa shape index (κ2) is 8.84. The van der Waals surface area contributed by atoms with Gasteiger partial charge < -0.3 is 15.1 Å². The average molecular weight is 426 g/mol. The topological polar surface area (TPSA) is 92.1 Å². The van der Waals surface area contributed by atoms with Crippen molar-refractivity contribution in [2.24, 2.45) is 0 Å². The first-order valence-corrected chi connectivity index (χ1v) is 10.4. The van der Waals surface area contributed by atoms with Gasteiger partial charge in [0.05, 0.1) is 11.9 Å². The highest BCUT2D eigenvalue weighted by molar-refractivity contribution is 6.02. The van der Waals surface area contributed by atoms with Crippen LogP contribution in [0, 0.1) is 0 Å². The van der Waals surface area contributed by atoms with Crippen LogP contribution in [0.4, 0.5) is 17.3 Å². The molecule has 0 bridgehead atoms. The first-order valence-electron chi connectivity index (χ1n) is 10.4. The maximum absolute atomic E-state index is 12.6. The molecule has 9 heteroatoms. The molecule has 1 amide bonds. The monoisotopic (exact) mass is 426 g/mol. The molecule has 0 aliphatic carbocycles. The summed E-state index contributed by atoms with van der Waals surface area (Å²) in [5, 5.41) is 11.2. The summed E-state index contributed by atoms with van der Waals surface area (Å²) in [7, 11) is 0. The number of aromatic nitrogens is 5. The fourth-order valence-corrected chi connectivity index (χ4v) is 3.65. The minimum Gasteiger partial charge on any atom is -0.368 e. The van der Waals surface area contributed by atoms with Crippen LogP contribution in [0.25, 0.3) is 5.69 Å². The summed E-state index contributed by atoms with van der Waals surface area (Å²) in [4.78, 5) is 27.2. The van der Waals surface area contributed by atoms with Crippen molar-refractivity contribution < 1.29 is 4.79 Å². The van der Waals surface area contributed by atoms with E-state index in [4.69, 9.17) is 0 Å². The van der Waals surface area contributed by atoms with Gasteiger partial charge in [0.1, 0.15) is 18.0 Å². The van der Waals surface area contributed by atoms with Crippen LogP contribution in [-0.2, 0) is 0 Å². The van der Waals surface area contributed by atoms with Crippen molar-refractivity contribution in [2.45, 2.75) is 0 Å². The number of amides is 1. The number of hydrogen-bond acceptors (Lipinski definition) is 7. The lowest BCUT2D eigenvalue weighted by molar-refractivity contribution is 0.102. The van der Waals surface area contributed by atoms with E-state index in [-0.39, 0.29) is 11.6 Å². The lowest BCUT2D eigenvalue weighted by atomic mass is 10.2. The van der Waals surface area contributed by atoms with Crippen molar-refractivity contribution in [2.75, 3.05) is 41.3 Å². The number of carbonyl (C=O) groups excluding carboxylic acids is 1. The van der Waals surface area contributed by atoms with E-state index < -0.39 is 0 Å². The quantitative estimate of drug-likeness (QED) is 0.524. The van der Waals surface area contributed by atoms with E-state index in [1.807, 2.05) is 36.4 Å². The average Bonchev–Trinajstić information content (AvgIpc) is 3.36. The molecule has 32 heavy (non-hydrogen) atoms. The van der Waals surface area contributed by atoms with Gasteiger partial charge in [0, 0.05) is 37.9 Å². The molecule has 1 aliphatic heterocycles. The molecule has 5 rings (SSSR count). The number of anilines is 3. The number of nitrogens with one attached hydrogen (secondary N) is 1. The van der Waals surface area contributed by atoms with Gasteiger partial charge in [0.25, 0.3) is 5.91 Å².